The van der Waals surface area contributed by atoms with Gasteiger partial charge in [-0.25, -0.2) is 4.79 Å². The zero-order chi connectivity index (χ0) is 18.2. The predicted molar refractivity (Wildman–Crippen MR) is 91.2 cm³/mol. The van der Waals surface area contributed by atoms with Gasteiger partial charge in [0.05, 0.1) is 19.3 Å². The van der Waals surface area contributed by atoms with Crippen LogP contribution >= 0.6 is 0 Å². The standard InChI is InChI=1S/C16H21N5O4/c1-3-4-7-24-11-6-5-10(8-12(11)23-2)14(22)25-9-13-19-15(17)21-16(18)20-13/h5-6,8H,3-4,7,9H2,1-2H3,(H4,17,18,19,20,21). The van der Waals surface area contributed by atoms with E-state index in [4.69, 9.17) is 25.7 Å². The molecule has 0 radical (unpaired) electrons. The molecular formula is C16H21N5O4. The Morgan fingerprint density at radius 1 is 1.12 bits per heavy atom. The Hall–Kier alpha value is -3.10. The first-order chi connectivity index (χ1) is 12.0. The summed E-state index contributed by atoms with van der Waals surface area (Å²) in [5, 5.41) is 0. The number of nitrogens with two attached hydrogens (primary N) is 2. The molecule has 2 aromatic rings. The van der Waals surface area contributed by atoms with E-state index in [2.05, 4.69) is 21.9 Å². The summed E-state index contributed by atoms with van der Waals surface area (Å²) in [4.78, 5) is 23.5. The van der Waals surface area contributed by atoms with E-state index in [0.29, 0.717) is 23.7 Å². The van der Waals surface area contributed by atoms with Gasteiger partial charge in [0.1, 0.15) is 0 Å². The van der Waals surface area contributed by atoms with Gasteiger partial charge in [-0.2, -0.15) is 15.0 Å². The minimum absolute atomic E-state index is 0.0335. The lowest BCUT2D eigenvalue weighted by Gasteiger charge is -2.11. The fourth-order valence-electron chi connectivity index (χ4n) is 1.98. The number of methoxy groups -OCH3 is 1. The highest BCUT2D eigenvalue weighted by Gasteiger charge is 2.13. The monoisotopic (exact) mass is 347 g/mol. The molecule has 4 N–H and O–H groups in total. The molecule has 2 rings (SSSR count). The highest BCUT2D eigenvalue weighted by atomic mass is 16.5. The molecule has 0 aliphatic heterocycles. The molecule has 9 nitrogen and oxygen atoms in total. The lowest BCUT2D eigenvalue weighted by molar-refractivity contribution is 0.0461. The van der Waals surface area contributed by atoms with E-state index >= 15 is 0 Å². The number of ether oxygens (including phenoxy) is 3. The Balaban J connectivity index is 2.03. The number of esters is 1. The molecule has 134 valence electrons. The fourth-order valence-corrected chi connectivity index (χ4v) is 1.98. The molecule has 0 spiro atoms. The van der Waals surface area contributed by atoms with Crippen molar-refractivity contribution in [1.29, 1.82) is 0 Å². The summed E-state index contributed by atoms with van der Waals surface area (Å²) in [6.07, 6.45) is 1.96. The van der Waals surface area contributed by atoms with Crippen LogP contribution in [0.15, 0.2) is 18.2 Å². The maximum absolute atomic E-state index is 12.2. The molecule has 0 saturated heterocycles. The number of nitrogen functional groups attached to an aromatic ring is 2. The maximum atomic E-state index is 12.2. The highest BCUT2D eigenvalue weighted by molar-refractivity contribution is 5.90. The summed E-state index contributed by atoms with van der Waals surface area (Å²) in [5.74, 6) is 0.577. The van der Waals surface area contributed by atoms with Crippen molar-refractivity contribution in [3.8, 4) is 11.5 Å². The first kappa shape index (κ1) is 18.2. The van der Waals surface area contributed by atoms with Gasteiger partial charge in [-0.05, 0) is 24.6 Å². The van der Waals surface area contributed by atoms with Crippen molar-refractivity contribution >= 4 is 17.9 Å². The summed E-state index contributed by atoms with van der Waals surface area (Å²) >= 11 is 0. The SMILES string of the molecule is CCCCOc1ccc(C(=O)OCc2nc(N)nc(N)n2)cc1OC. The summed E-state index contributed by atoms with van der Waals surface area (Å²) in [7, 11) is 1.51. The van der Waals surface area contributed by atoms with Crippen LogP contribution in [0.3, 0.4) is 0 Å². The zero-order valence-electron chi connectivity index (χ0n) is 14.2. The highest BCUT2D eigenvalue weighted by Crippen LogP contribution is 2.28. The van der Waals surface area contributed by atoms with Gasteiger partial charge in [-0.15, -0.1) is 0 Å². The van der Waals surface area contributed by atoms with Crippen LogP contribution in [0.1, 0.15) is 35.9 Å². The summed E-state index contributed by atoms with van der Waals surface area (Å²) < 4.78 is 16.1. The van der Waals surface area contributed by atoms with E-state index in [9.17, 15) is 4.79 Å². The first-order valence-electron chi connectivity index (χ1n) is 7.77. The van der Waals surface area contributed by atoms with Crippen molar-refractivity contribution in [3.05, 3.63) is 29.6 Å². The molecule has 0 atom stereocenters. The molecule has 1 heterocycles. The number of rotatable bonds is 8. The summed E-state index contributed by atoms with van der Waals surface area (Å²) in [5.41, 5.74) is 11.3. The molecule has 0 amide bonds. The van der Waals surface area contributed by atoms with E-state index in [1.54, 1.807) is 18.2 Å². The van der Waals surface area contributed by atoms with Gasteiger partial charge in [0.2, 0.25) is 11.9 Å². The number of hydrogen-bond acceptors (Lipinski definition) is 9. The molecule has 1 aromatic heterocycles. The molecule has 9 heteroatoms. The minimum atomic E-state index is -0.559. The van der Waals surface area contributed by atoms with Crippen molar-refractivity contribution in [2.24, 2.45) is 0 Å². The number of hydrogen-bond donors (Lipinski definition) is 2. The Bertz CT molecular complexity index is 718. The van der Waals surface area contributed by atoms with E-state index in [1.165, 1.54) is 7.11 Å². The summed E-state index contributed by atoms with van der Waals surface area (Å²) in [6.45, 7) is 2.49. The minimum Gasteiger partial charge on any atom is -0.493 e. The van der Waals surface area contributed by atoms with Crippen molar-refractivity contribution in [1.82, 2.24) is 15.0 Å². The number of carbonyl (C=O) groups excluding carboxylic acids is 1. The third-order valence-electron chi connectivity index (χ3n) is 3.20. The lowest BCUT2D eigenvalue weighted by atomic mass is 10.2. The van der Waals surface area contributed by atoms with Crippen LogP contribution in [0.4, 0.5) is 11.9 Å². The van der Waals surface area contributed by atoms with Gasteiger partial charge in [0.25, 0.3) is 0 Å². The largest absolute Gasteiger partial charge is 0.493 e. The molecule has 0 aliphatic carbocycles. The van der Waals surface area contributed by atoms with Crippen LogP contribution in [-0.2, 0) is 11.3 Å². The Morgan fingerprint density at radius 2 is 1.84 bits per heavy atom. The second-order valence-corrected chi connectivity index (χ2v) is 5.11. The number of nitrogens with zero attached hydrogens (tertiary/aromatic N) is 3. The predicted octanol–water partition coefficient (Wildman–Crippen LogP) is 1.58. The molecule has 0 saturated carbocycles. The van der Waals surface area contributed by atoms with Crippen LogP contribution < -0.4 is 20.9 Å². The number of unbranched alkanes of at least 4 members (excludes halogenated alkanes) is 1. The molecule has 1 aromatic carbocycles. The van der Waals surface area contributed by atoms with E-state index in [1.807, 2.05) is 0 Å². The maximum Gasteiger partial charge on any atom is 0.338 e. The van der Waals surface area contributed by atoms with Gasteiger partial charge < -0.3 is 25.7 Å². The van der Waals surface area contributed by atoms with E-state index in [-0.39, 0.29) is 24.3 Å². The zero-order valence-corrected chi connectivity index (χ0v) is 14.2. The molecule has 0 unspecified atom stereocenters. The first-order valence-corrected chi connectivity index (χ1v) is 7.77. The Kier molecular flexibility index (Phi) is 6.33. The lowest BCUT2D eigenvalue weighted by Crippen LogP contribution is -2.11. The van der Waals surface area contributed by atoms with Crippen LogP contribution in [0.5, 0.6) is 11.5 Å². The van der Waals surface area contributed by atoms with Crippen LogP contribution in [0.25, 0.3) is 0 Å². The second-order valence-electron chi connectivity index (χ2n) is 5.11. The molecule has 0 bridgehead atoms. The number of aromatic nitrogens is 3. The quantitative estimate of drug-likeness (QED) is 0.538. The van der Waals surface area contributed by atoms with E-state index in [0.717, 1.165) is 12.8 Å². The van der Waals surface area contributed by atoms with Crippen molar-refractivity contribution in [2.75, 3.05) is 25.2 Å². The van der Waals surface area contributed by atoms with Gasteiger partial charge in [-0.1, -0.05) is 13.3 Å². The smallest absolute Gasteiger partial charge is 0.338 e. The fraction of sp³-hybridized carbons (Fsp3) is 0.375. The number of benzene rings is 1. The van der Waals surface area contributed by atoms with Crippen LogP contribution in [0, 0.1) is 0 Å². The Morgan fingerprint density at radius 3 is 2.48 bits per heavy atom. The second kappa shape index (κ2) is 8.67. The third-order valence-corrected chi connectivity index (χ3v) is 3.20. The molecule has 25 heavy (non-hydrogen) atoms. The Labute approximate surface area is 145 Å². The third kappa shape index (κ3) is 5.20. The summed E-state index contributed by atoms with van der Waals surface area (Å²) in [6, 6.07) is 4.83. The van der Waals surface area contributed by atoms with Crippen LogP contribution in [0.2, 0.25) is 0 Å². The van der Waals surface area contributed by atoms with Gasteiger partial charge >= 0.3 is 5.97 Å². The number of anilines is 2. The van der Waals surface area contributed by atoms with Crippen molar-refractivity contribution in [3.63, 3.8) is 0 Å². The van der Waals surface area contributed by atoms with E-state index < -0.39 is 5.97 Å². The average molecular weight is 347 g/mol. The molecule has 0 fully saturated rings. The number of carbonyl (C=O) groups is 1. The van der Waals surface area contributed by atoms with Gasteiger partial charge in [-0.3, -0.25) is 0 Å². The average Bonchev–Trinajstić information content (AvgIpc) is 2.59. The molecule has 0 aliphatic rings. The molecular weight excluding hydrogens is 326 g/mol. The van der Waals surface area contributed by atoms with Crippen molar-refractivity contribution in [2.45, 2.75) is 26.4 Å². The van der Waals surface area contributed by atoms with Gasteiger partial charge in [0, 0.05) is 0 Å². The van der Waals surface area contributed by atoms with Crippen molar-refractivity contribution < 1.29 is 19.0 Å². The topological polar surface area (TPSA) is 135 Å². The van der Waals surface area contributed by atoms with Gasteiger partial charge in [0.15, 0.2) is 23.9 Å². The van der Waals surface area contributed by atoms with Crippen LogP contribution in [-0.4, -0.2) is 34.6 Å². The normalized spacial score (nSPS) is 10.3.